The summed E-state index contributed by atoms with van der Waals surface area (Å²) in [5.41, 5.74) is 7.70. The molecule has 0 aromatic rings. The Balaban J connectivity index is 0.000000148. The van der Waals surface area contributed by atoms with Crippen LogP contribution in [0, 0.1) is 146 Å². The van der Waals surface area contributed by atoms with Gasteiger partial charge in [0.15, 0.2) is 0 Å². The fourth-order valence-corrected chi connectivity index (χ4v) is 29.7. The molecular weight excluding hydrogens is 1160 g/mol. The summed E-state index contributed by atoms with van der Waals surface area (Å²) in [6.07, 6.45) is 49.2. The predicted molar refractivity (Wildman–Crippen MR) is 408 cm³/mol. The maximum absolute atomic E-state index is 6.99. The van der Waals surface area contributed by atoms with Crippen LogP contribution in [0.2, 0.25) is 0 Å². The molecule has 3 N–H and O–H groups in total. The van der Waals surface area contributed by atoms with Crippen LogP contribution < -0.4 is 16.0 Å². The molecule has 546 valence electrons. The van der Waals surface area contributed by atoms with Crippen LogP contribution in [0.3, 0.4) is 0 Å². The van der Waals surface area contributed by atoms with Crippen LogP contribution in [0.15, 0.2) is 34.9 Å². The largest absolute Gasteiger partial charge is 0.373 e. The van der Waals surface area contributed by atoms with Crippen molar-refractivity contribution in [3.05, 3.63) is 34.9 Å². The molecule has 9 saturated carbocycles. The summed E-state index contributed by atoms with van der Waals surface area (Å²) in [7, 11) is 0. The summed E-state index contributed by atoms with van der Waals surface area (Å²) in [4.78, 5) is 0. The van der Waals surface area contributed by atoms with Gasteiger partial charge in [-0.25, -0.2) is 0 Å². The van der Waals surface area contributed by atoms with E-state index in [1.165, 1.54) is 206 Å². The van der Waals surface area contributed by atoms with Crippen LogP contribution in [-0.4, -0.2) is 61.2 Å². The van der Waals surface area contributed by atoms with Gasteiger partial charge < -0.3 is 25.4 Å². The first kappa shape index (κ1) is 76.7. The molecule has 17 rings (SSSR count). The van der Waals surface area contributed by atoms with Gasteiger partial charge in [-0.3, -0.25) is 0 Å². The molecule has 95 heavy (non-hydrogen) atoms. The lowest BCUT2D eigenvalue weighted by Crippen LogP contribution is -2.52. The fraction of sp³-hybridized carbons (Fsp3) is 0.933. The summed E-state index contributed by atoms with van der Waals surface area (Å²) in [5, 5.41) is 11.6. The zero-order valence-corrected chi connectivity index (χ0v) is 64.3. The smallest absolute Gasteiger partial charge is 0.0737 e. The Morgan fingerprint density at radius 3 is 1.40 bits per heavy atom. The van der Waals surface area contributed by atoms with Crippen molar-refractivity contribution in [3.63, 3.8) is 0 Å². The van der Waals surface area contributed by atoms with Crippen LogP contribution in [0.25, 0.3) is 0 Å². The van der Waals surface area contributed by atoms with Crippen LogP contribution in [0.5, 0.6) is 0 Å². The van der Waals surface area contributed by atoms with E-state index in [2.05, 4.69) is 117 Å². The van der Waals surface area contributed by atoms with Crippen LogP contribution >= 0.6 is 0 Å². The summed E-state index contributed by atoms with van der Waals surface area (Å²) in [6.45, 7) is 48.0. The van der Waals surface area contributed by atoms with Crippen LogP contribution in [-0.2, 0) is 9.47 Å². The molecule has 5 heteroatoms. The van der Waals surface area contributed by atoms with Crippen molar-refractivity contribution >= 4 is 0 Å². The third-order valence-corrected chi connectivity index (χ3v) is 33.7. The van der Waals surface area contributed by atoms with Crippen molar-refractivity contribution in [2.24, 2.45) is 146 Å². The van der Waals surface area contributed by atoms with Crippen molar-refractivity contribution in [1.29, 1.82) is 0 Å². The lowest BCUT2D eigenvalue weighted by molar-refractivity contribution is -0.131. The third-order valence-electron chi connectivity index (χ3n) is 33.7. The molecule has 31 atom stereocenters. The molecule has 0 radical (unpaired) electrons. The van der Waals surface area contributed by atoms with Gasteiger partial charge in [0.05, 0.1) is 23.9 Å². The topological polar surface area (TPSA) is 54.5 Å². The Morgan fingerprint density at radius 2 is 0.916 bits per heavy atom. The highest BCUT2D eigenvalue weighted by Gasteiger charge is 2.67. The highest BCUT2D eigenvalue weighted by Crippen LogP contribution is 2.72. The monoisotopic (exact) mass is 1310 g/mol. The zero-order chi connectivity index (χ0) is 66.2. The fourth-order valence-electron chi connectivity index (χ4n) is 29.7. The van der Waals surface area contributed by atoms with E-state index in [4.69, 9.17) is 9.47 Å². The van der Waals surface area contributed by atoms with E-state index in [-0.39, 0.29) is 26.1 Å². The van der Waals surface area contributed by atoms with Gasteiger partial charge in [-0.1, -0.05) is 187 Å². The maximum Gasteiger partial charge on any atom is 0.0737 e. The second-order valence-corrected chi connectivity index (χ2v) is 37.6. The molecule has 17 aliphatic rings. The van der Waals surface area contributed by atoms with Gasteiger partial charge >= 0.3 is 0 Å². The molecule has 5 saturated heterocycles. The number of hydrogen-bond donors (Lipinski definition) is 3. The van der Waals surface area contributed by atoms with Crippen molar-refractivity contribution in [2.75, 3.05) is 26.2 Å². The average molecular weight is 1320 g/mol. The molecule has 12 aliphatic carbocycles. The number of piperidine rings is 3. The Morgan fingerprint density at radius 1 is 0.442 bits per heavy atom. The number of nitrogens with one attached hydrogen (secondary N) is 3. The van der Waals surface area contributed by atoms with E-state index in [0.29, 0.717) is 33.9 Å². The van der Waals surface area contributed by atoms with E-state index in [1.807, 2.05) is 58.3 Å². The van der Waals surface area contributed by atoms with E-state index in [9.17, 15) is 0 Å². The number of allylic oxidation sites excluding steroid dienone is 6. The third kappa shape index (κ3) is 13.3. The number of fused-ring (bicyclic) bond motifs is 16. The first-order valence-electron chi connectivity index (χ1n) is 42.4. The Bertz CT molecular complexity index is 2560. The summed E-state index contributed by atoms with van der Waals surface area (Å²) in [6, 6.07) is 1.45. The minimum atomic E-state index is 0. The molecule has 14 fully saturated rings. The standard InChI is InChI=1S/C28H45NO.C27H43NO.C27H45N.3C2H6.2CH4/c1-18-9-12-26(4)21(15-18)7-8-23-22-10-13-28(20(3)24(22)19(2)25(23)26)16-27(17-30-28)11-5-6-14-29-27;1-16-9-11-26(4)19(14-16)7-8-21-20-10-12-27(18(3)24(20)17(2)25(21)26)15-22-23(29-27)6-5-13-28-22;1-17-12-13-27(4)21(15-17)9-11-24-23-10-8-20(16-22-7-5-6-14-28-22)18(2)25(23)19(3)26(24)27;3*1-2;;/h7,18-20,22-25,29H,5-6,8-17H2,1-4H3;7,16-18,20-25,28H,5-6,8-15H2,1-4H3;9,17-20,22-26,28H,5-8,10-16H2,1-4H3;3*1-2H3;2*1H4. The Kier molecular flexibility index (Phi) is 24.8. The van der Waals surface area contributed by atoms with E-state index in [0.717, 1.165) is 143 Å². The van der Waals surface area contributed by atoms with Gasteiger partial charge in [0, 0.05) is 17.6 Å². The van der Waals surface area contributed by atoms with Crippen molar-refractivity contribution < 1.29 is 9.47 Å². The second-order valence-electron chi connectivity index (χ2n) is 37.6. The van der Waals surface area contributed by atoms with Crippen LogP contribution in [0.1, 0.15) is 326 Å². The molecule has 5 heterocycles. The summed E-state index contributed by atoms with van der Waals surface area (Å²) >= 11 is 0. The highest BCUT2D eigenvalue weighted by molar-refractivity contribution is 5.30. The minimum absolute atomic E-state index is 0. The van der Waals surface area contributed by atoms with Gasteiger partial charge in [-0.05, 0) is 339 Å². The molecule has 31 unspecified atom stereocenters. The maximum atomic E-state index is 6.99. The molecule has 0 aromatic carbocycles. The molecule has 0 bridgehead atoms. The second kappa shape index (κ2) is 30.8. The van der Waals surface area contributed by atoms with Gasteiger partial charge in [0.2, 0.25) is 0 Å². The van der Waals surface area contributed by atoms with Crippen LogP contribution in [0.4, 0.5) is 0 Å². The van der Waals surface area contributed by atoms with E-state index in [1.54, 1.807) is 0 Å². The summed E-state index contributed by atoms with van der Waals surface area (Å²) in [5.74, 6) is 20.1. The van der Waals surface area contributed by atoms with Crippen molar-refractivity contribution in [2.45, 2.75) is 361 Å². The van der Waals surface area contributed by atoms with Gasteiger partial charge in [0.25, 0.3) is 0 Å². The first-order chi connectivity index (χ1) is 44.8. The number of hydrogen-bond acceptors (Lipinski definition) is 5. The molecular formula is C90H159N3O2. The molecule has 5 nitrogen and oxygen atoms in total. The molecule has 3 spiro atoms. The molecule has 0 amide bonds. The highest BCUT2D eigenvalue weighted by atomic mass is 16.5. The lowest BCUT2D eigenvalue weighted by atomic mass is 9.54. The first-order valence-corrected chi connectivity index (χ1v) is 42.4. The SMILES string of the molecule is C.C.CC.CC.CC.CC1CCC2(C)C(=CCC3C4CCC(CC5CCCCN5)C(C)C4C(C)C32)C1.CC1CCC2(C)C(=CCC3C4CCC5(CC6(CCCCN6)CO5)C(C)C4C(C)C32)C1.CC1CCC2(C)C(=CCC3C4CCC5(CC6NCCCC6O5)C(C)C4C(C)C32)C1. The minimum Gasteiger partial charge on any atom is -0.373 e. The van der Waals surface area contributed by atoms with E-state index < -0.39 is 0 Å². The predicted octanol–water partition coefficient (Wildman–Crippen LogP) is 23.5. The lowest BCUT2D eigenvalue weighted by Gasteiger charge is -2.50. The number of rotatable bonds is 2. The average Bonchev–Trinajstić information content (AvgIpc) is 1.57. The zero-order valence-electron chi connectivity index (χ0n) is 64.3. The van der Waals surface area contributed by atoms with Gasteiger partial charge in [-0.2, -0.15) is 0 Å². The van der Waals surface area contributed by atoms with Crippen molar-refractivity contribution in [3.8, 4) is 0 Å². The van der Waals surface area contributed by atoms with Gasteiger partial charge in [0.1, 0.15) is 0 Å². The Labute approximate surface area is 590 Å². The van der Waals surface area contributed by atoms with Crippen molar-refractivity contribution in [1.82, 2.24) is 16.0 Å². The van der Waals surface area contributed by atoms with Gasteiger partial charge in [-0.15, -0.1) is 0 Å². The van der Waals surface area contributed by atoms with E-state index >= 15 is 0 Å². The summed E-state index contributed by atoms with van der Waals surface area (Å²) < 4.78 is 13.9. The Hall–Kier alpha value is -0.980. The number of ether oxygens (including phenoxy) is 2. The molecule has 0 aromatic heterocycles. The molecule has 5 aliphatic heterocycles. The quantitative estimate of drug-likeness (QED) is 0.241. The normalized spacial score (nSPS) is 52.2.